The number of carbonyl (C=O) groups is 2. The van der Waals surface area contributed by atoms with Crippen LogP contribution in [0.25, 0.3) is 0 Å². The van der Waals surface area contributed by atoms with E-state index in [4.69, 9.17) is 12.2 Å². The van der Waals surface area contributed by atoms with E-state index >= 15 is 0 Å². The summed E-state index contributed by atoms with van der Waals surface area (Å²) in [6.45, 7) is 0. The van der Waals surface area contributed by atoms with E-state index in [9.17, 15) is 9.59 Å². The predicted octanol–water partition coefficient (Wildman–Crippen LogP) is 0.927. The Hall–Kier alpha value is -1.30. The van der Waals surface area contributed by atoms with Crippen LogP contribution in [0.2, 0.25) is 0 Å². The summed E-state index contributed by atoms with van der Waals surface area (Å²) in [5.74, 6) is -1.62. The van der Waals surface area contributed by atoms with Gasteiger partial charge in [-0.3, -0.25) is 14.6 Å². The Kier molecular flexibility index (Phi) is 4.41. The molecule has 0 aromatic heterocycles. The zero-order chi connectivity index (χ0) is 13.0. The van der Waals surface area contributed by atoms with Crippen LogP contribution >= 0.6 is 12.2 Å². The third-order valence-corrected chi connectivity index (χ3v) is 3.51. The molecule has 1 saturated carbocycles. The SMILES string of the molecule is O=C1NC(=S)NC(=O)C1C=NC1CCCCCC1. The first-order chi connectivity index (χ1) is 8.66. The summed E-state index contributed by atoms with van der Waals surface area (Å²) in [7, 11) is 0. The van der Waals surface area contributed by atoms with Crippen LogP contribution < -0.4 is 10.6 Å². The lowest BCUT2D eigenvalue weighted by atomic mass is 10.1. The molecule has 2 N–H and O–H groups in total. The maximum Gasteiger partial charge on any atom is 0.244 e. The number of hydrogen-bond acceptors (Lipinski definition) is 4. The highest BCUT2D eigenvalue weighted by Crippen LogP contribution is 2.19. The first kappa shape index (κ1) is 13.1. The molecule has 6 heteroatoms. The smallest absolute Gasteiger partial charge is 0.244 e. The number of thiocarbonyl (C=S) groups is 1. The van der Waals surface area contributed by atoms with E-state index in [0.717, 1.165) is 12.8 Å². The van der Waals surface area contributed by atoms with Crippen molar-refractivity contribution in [3.05, 3.63) is 0 Å². The van der Waals surface area contributed by atoms with Crippen LogP contribution in [0.5, 0.6) is 0 Å². The van der Waals surface area contributed by atoms with Crippen LogP contribution in [0.15, 0.2) is 4.99 Å². The lowest BCUT2D eigenvalue weighted by molar-refractivity contribution is -0.131. The summed E-state index contributed by atoms with van der Waals surface area (Å²) < 4.78 is 0. The summed E-state index contributed by atoms with van der Waals surface area (Å²) in [6.07, 6.45) is 8.43. The molecule has 98 valence electrons. The summed E-state index contributed by atoms with van der Waals surface area (Å²) in [5, 5.41) is 4.93. The molecule has 0 radical (unpaired) electrons. The number of nitrogens with one attached hydrogen (secondary N) is 2. The van der Waals surface area contributed by atoms with Gasteiger partial charge in [-0.25, -0.2) is 0 Å². The number of hydrogen-bond donors (Lipinski definition) is 2. The molecule has 0 spiro atoms. The van der Waals surface area contributed by atoms with Crippen molar-refractivity contribution in [3.63, 3.8) is 0 Å². The number of aliphatic imine (C=N–C) groups is 1. The minimum absolute atomic E-state index is 0.0733. The zero-order valence-electron chi connectivity index (χ0n) is 10.1. The molecule has 2 amide bonds. The fourth-order valence-electron chi connectivity index (χ4n) is 2.28. The Morgan fingerprint density at radius 3 is 2.17 bits per heavy atom. The van der Waals surface area contributed by atoms with Crippen molar-refractivity contribution in [1.29, 1.82) is 0 Å². The number of nitrogens with zero attached hydrogens (tertiary/aromatic N) is 1. The fourth-order valence-corrected chi connectivity index (χ4v) is 2.48. The van der Waals surface area contributed by atoms with E-state index in [-0.39, 0.29) is 23.0 Å². The quantitative estimate of drug-likeness (QED) is 0.338. The van der Waals surface area contributed by atoms with Crippen LogP contribution in [-0.4, -0.2) is 29.2 Å². The summed E-state index contributed by atoms with van der Waals surface area (Å²) in [5.41, 5.74) is 0. The van der Waals surface area contributed by atoms with Gasteiger partial charge in [0.1, 0.15) is 0 Å². The van der Waals surface area contributed by atoms with Gasteiger partial charge in [-0.1, -0.05) is 25.7 Å². The van der Waals surface area contributed by atoms with Crippen molar-refractivity contribution < 1.29 is 9.59 Å². The molecule has 1 aliphatic heterocycles. The monoisotopic (exact) mass is 267 g/mol. The van der Waals surface area contributed by atoms with Gasteiger partial charge in [-0.15, -0.1) is 0 Å². The van der Waals surface area contributed by atoms with Crippen molar-refractivity contribution in [3.8, 4) is 0 Å². The van der Waals surface area contributed by atoms with Gasteiger partial charge in [0.25, 0.3) is 0 Å². The Balaban J connectivity index is 1.96. The molecular formula is C12H17N3O2S. The molecule has 0 unspecified atom stereocenters. The van der Waals surface area contributed by atoms with Crippen LogP contribution in [0.3, 0.4) is 0 Å². The highest BCUT2D eigenvalue weighted by atomic mass is 32.1. The van der Waals surface area contributed by atoms with Gasteiger partial charge < -0.3 is 10.6 Å². The lowest BCUT2D eigenvalue weighted by Crippen LogP contribution is -2.56. The molecule has 2 rings (SSSR count). The Labute approximate surface area is 111 Å². The third kappa shape index (κ3) is 3.35. The van der Waals surface area contributed by atoms with Crippen LogP contribution in [0, 0.1) is 5.92 Å². The molecule has 1 aliphatic carbocycles. The fraction of sp³-hybridized carbons (Fsp3) is 0.667. The average Bonchev–Trinajstić information content (AvgIpc) is 2.56. The molecule has 2 fully saturated rings. The van der Waals surface area contributed by atoms with Crippen LogP contribution in [-0.2, 0) is 9.59 Å². The minimum Gasteiger partial charge on any atom is -0.302 e. The van der Waals surface area contributed by atoms with E-state index in [1.807, 2.05) is 0 Å². The zero-order valence-corrected chi connectivity index (χ0v) is 11.0. The average molecular weight is 267 g/mol. The first-order valence-corrected chi connectivity index (χ1v) is 6.76. The molecule has 0 bridgehead atoms. The van der Waals surface area contributed by atoms with Gasteiger partial charge in [-0.05, 0) is 25.1 Å². The highest BCUT2D eigenvalue weighted by molar-refractivity contribution is 7.80. The van der Waals surface area contributed by atoms with E-state index < -0.39 is 5.92 Å². The molecule has 0 aromatic carbocycles. The molecular weight excluding hydrogens is 250 g/mol. The summed E-state index contributed by atoms with van der Waals surface area (Å²) >= 11 is 4.73. The molecule has 5 nitrogen and oxygen atoms in total. The highest BCUT2D eigenvalue weighted by Gasteiger charge is 2.31. The van der Waals surface area contributed by atoms with Crippen molar-refractivity contribution in [2.75, 3.05) is 0 Å². The molecule has 0 aromatic rings. The van der Waals surface area contributed by atoms with Gasteiger partial charge >= 0.3 is 0 Å². The van der Waals surface area contributed by atoms with Gasteiger partial charge in [0.15, 0.2) is 11.0 Å². The van der Waals surface area contributed by atoms with Crippen LogP contribution in [0.1, 0.15) is 38.5 Å². The number of amides is 2. The first-order valence-electron chi connectivity index (χ1n) is 6.36. The van der Waals surface area contributed by atoms with Crippen molar-refractivity contribution in [2.45, 2.75) is 44.6 Å². The standard InChI is InChI=1S/C12H17N3O2S/c16-10-9(11(17)15-12(18)14-10)7-13-8-5-3-1-2-4-6-8/h7-9H,1-6H2,(H2,14,15,16,17,18). The third-order valence-electron chi connectivity index (χ3n) is 3.31. The second kappa shape index (κ2) is 6.04. The van der Waals surface area contributed by atoms with Gasteiger partial charge in [0.2, 0.25) is 11.8 Å². The minimum atomic E-state index is -0.847. The summed E-state index contributed by atoms with van der Waals surface area (Å²) in [6, 6.07) is 0.252. The molecule has 1 heterocycles. The maximum absolute atomic E-state index is 11.6. The molecule has 2 aliphatic rings. The van der Waals surface area contributed by atoms with Crippen LogP contribution in [0.4, 0.5) is 0 Å². The van der Waals surface area contributed by atoms with E-state index in [0.29, 0.717) is 0 Å². The second-order valence-electron chi connectivity index (χ2n) is 4.73. The van der Waals surface area contributed by atoms with Crippen molar-refractivity contribution >= 4 is 35.4 Å². The molecule has 0 atom stereocenters. The number of rotatable bonds is 2. The van der Waals surface area contributed by atoms with Crippen molar-refractivity contribution in [1.82, 2.24) is 10.6 Å². The molecule has 1 saturated heterocycles. The topological polar surface area (TPSA) is 70.6 Å². The summed E-state index contributed by atoms with van der Waals surface area (Å²) in [4.78, 5) is 27.6. The van der Waals surface area contributed by atoms with Gasteiger partial charge in [0.05, 0.1) is 0 Å². The van der Waals surface area contributed by atoms with E-state index in [1.165, 1.54) is 31.9 Å². The second-order valence-corrected chi connectivity index (χ2v) is 5.14. The van der Waals surface area contributed by atoms with E-state index in [2.05, 4.69) is 15.6 Å². The van der Waals surface area contributed by atoms with Gasteiger partial charge in [0, 0.05) is 12.3 Å². The van der Waals surface area contributed by atoms with Gasteiger partial charge in [-0.2, -0.15) is 0 Å². The van der Waals surface area contributed by atoms with E-state index in [1.54, 1.807) is 0 Å². The normalized spacial score (nSPS) is 23.9. The molecule has 18 heavy (non-hydrogen) atoms. The predicted molar refractivity (Wildman–Crippen MR) is 72.4 cm³/mol. The maximum atomic E-state index is 11.6. The lowest BCUT2D eigenvalue weighted by Gasteiger charge is -2.20. The Morgan fingerprint density at radius 1 is 1.06 bits per heavy atom. The Morgan fingerprint density at radius 2 is 1.61 bits per heavy atom. The Bertz CT molecular complexity index is 367. The largest absolute Gasteiger partial charge is 0.302 e. The number of carbonyl (C=O) groups excluding carboxylic acids is 2. The van der Waals surface area contributed by atoms with Crippen molar-refractivity contribution in [2.24, 2.45) is 10.9 Å².